The highest BCUT2D eigenvalue weighted by Gasteiger charge is 2.18. The molecule has 0 saturated heterocycles. The van der Waals surface area contributed by atoms with Crippen molar-refractivity contribution in [2.75, 3.05) is 7.11 Å². The first-order chi connectivity index (χ1) is 10.6. The van der Waals surface area contributed by atoms with E-state index in [1.54, 1.807) is 7.11 Å². The molecule has 0 aliphatic rings. The van der Waals surface area contributed by atoms with Crippen molar-refractivity contribution in [1.29, 1.82) is 5.26 Å². The largest absolute Gasteiger partial charge is 0.497 e. The van der Waals surface area contributed by atoms with Gasteiger partial charge in [0.15, 0.2) is 0 Å². The summed E-state index contributed by atoms with van der Waals surface area (Å²) in [5.41, 5.74) is 3.19. The summed E-state index contributed by atoms with van der Waals surface area (Å²) in [4.78, 5) is 4.41. The lowest BCUT2D eigenvalue weighted by Crippen LogP contribution is -2.02. The van der Waals surface area contributed by atoms with E-state index in [1.807, 2.05) is 24.3 Å². The van der Waals surface area contributed by atoms with Crippen molar-refractivity contribution in [3.8, 4) is 22.9 Å². The first-order valence-corrected chi connectivity index (χ1v) is 8.50. The Labute approximate surface area is 149 Å². The van der Waals surface area contributed by atoms with Crippen LogP contribution in [0.25, 0.3) is 11.1 Å². The van der Waals surface area contributed by atoms with Crippen molar-refractivity contribution in [3.05, 3.63) is 44.2 Å². The SMILES string of the molecule is CCCCc1nc(Cl)c(C#N)c(-c2ccc(OC)cc2)c1I. The van der Waals surface area contributed by atoms with Gasteiger partial charge >= 0.3 is 0 Å². The van der Waals surface area contributed by atoms with Gasteiger partial charge in [-0.25, -0.2) is 4.98 Å². The van der Waals surface area contributed by atoms with Crippen molar-refractivity contribution in [3.63, 3.8) is 0 Å². The number of nitrogens with zero attached hydrogens (tertiary/aromatic N) is 2. The number of nitriles is 1. The van der Waals surface area contributed by atoms with Gasteiger partial charge in [0, 0.05) is 9.13 Å². The van der Waals surface area contributed by atoms with Crippen LogP contribution in [0.3, 0.4) is 0 Å². The van der Waals surface area contributed by atoms with Gasteiger partial charge in [0.1, 0.15) is 17.0 Å². The van der Waals surface area contributed by atoms with Crippen LogP contribution in [0.1, 0.15) is 31.0 Å². The maximum Gasteiger partial charge on any atom is 0.147 e. The maximum absolute atomic E-state index is 9.45. The monoisotopic (exact) mass is 426 g/mol. The van der Waals surface area contributed by atoms with Crippen LogP contribution in [0.15, 0.2) is 24.3 Å². The van der Waals surface area contributed by atoms with Crippen molar-refractivity contribution in [1.82, 2.24) is 4.98 Å². The second-order valence-corrected chi connectivity index (χ2v) is 6.29. The number of pyridine rings is 1. The van der Waals surface area contributed by atoms with E-state index in [-0.39, 0.29) is 5.15 Å². The van der Waals surface area contributed by atoms with E-state index in [9.17, 15) is 5.26 Å². The summed E-state index contributed by atoms with van der Waals surface area (Å²) in [6, 6.07) is 9.83. The van der Waals surface area contributed by atoms with Crippen LogP contribution in [0.4, 0.5) is 0 Å². The summed E-state index contributed by atoms with van der Waals surface area (Å²) in [5.74, 6) is 0.781. The highest BCUT2D eigenvalue weighted by atomic mass is 127. The molecule has 5 heteroatoms. The molecule has 0 aliphatic heterocycles. The molecule has 1 aromatic heterocycles. The second kappa shape index (κ2) is 7.80. The van der Waals surface area contributed by atoms with E-state index in [0.717, 1.165) is 45.4 Å². The number of aryl methyl sites for hydroxylation is 1. The molecule has 0 atom stereocenters. The van der Waals surface area contributed by atoms with E-state index in [2.05, 4.69) is 40.6 Å². The Bertz CT molecular complexity index is 708. The molecule has 0 spiro atoms. The fourth-order valence-electron chi connectivity index (χ4n) is 2.22. The Balaban J connectivity index is 2.60. The zero-order chi connectivity index (χ0) is 16.1. The number of ether oxygens (including phenoxy) is 1. The van der Waals surface area contributed by atoms with E-state index < -0.39 is 0 Å². The molecule has 114 valence electrons. The van der Waals surface area contributed by atoms with Gasteiger partial charge in [0.2, 0.25) is 0 Å². The van der Waals surface area contributed by atoms with Crippen LogP contribution in [0.5, 0.6) is 5.75 Å². The van der Waals surface area contributed by atoms with Crippen molar-refractivity contribution in [2.24, 2.45) is 0 Å². The summed E-state index contributed by atoms with van der Waals surface area (Å²) >= 11 is 8.50. The van der Waals surface area contributed by atoms with Gasteiger partial charge in [0.05, 0.1) is 18.4 Å². The number of hydrogen-bond donors (Lipinski definition) is 0. The topological polar surface area (TPSA) is 45.9 Å². The summed E-state index contributed by atoms with van der Waals surface area (Å²) in [6.07, 6.45) is 3.00. The molecular formula is C17H16ClIN2O. The normalized spacial score (nSPS) is 10.3. The average Bonchev–Trinajstić information content (AvgIpc) is 2.55. The van der Waals surface area contributed by atoms with E-state index in [1.165, 1.54) is 0 Å². The van der Waals surface area contributed by atoms with Crippen LogP contribution in [0.2, 0.25) is 5.15 Å². The quantitative estimate of drug-likeness (QED) is 0.486. The van der Waals surface area contributed by atoms with Gasteiger partial charge in [-0.15, -0.1) is 0 Å². The van der Waals surface area contributed by atoms with Gasteiger partial charge in [-0.2, -0.15) is 5.26 Å². The molecular weight excluding hydrogens is 411 g/mol. The molecule has 0 N–H and O–H groups in total. The van der Waals surface area contributed by atoms with Crippen LogP contribution in [-0.4, -0.2) is 12.1 Å². The lowest BCUT2D eigenvalue weighted by molar-refractivity contribution is 0.415. The van der Waals surface area contributed by atoms with E-state index in [4.69, 9.17) is 16.3 Å². The fraction of sp³-hybridized carbons (Fsp3) is 0.294. The fourth-order valence-corrected chi connectivity index (χ4v) is 3.43. The van der Waals surface area contributed by atoms with Crippen LogP contribution < -0.4 is 4.74 Å². The number of hydrogen-bond acceptors (Lipinski definition) is 3. The van der Waals surface area contributed by atoms with Crippen LogP contribution >= 0.6 is 34.2 Å². The molecule has 1 heterocycles. The average molecular weight is 427 g/mol. The molecule has 0 fully saturated rings. The first-order valence-electron chi connectivity index (χ1n) is 7.04. The zero-order valence-electron chi connectivity index (χ0n) is 12.5. The summed E-state index contributed by atoms with van der Waals surface area (Å²) in [7, 11) is 1.63. The molecule has 0 saturated carbocycles. The lowest BCUT2D eigenvalue weighted by atomic mass is 10.00. The third-order valence-electron chi connectivity index (χ3n) is 3.42. The Hall–Kier alpha value is -1.32. The molecule has 1 aromatic carbocycles. The minimum atomic E-state index is 0.278. The van der Waals surface area contributed by atoms with Gasteiger partial charge in [-0.05, 0) is 53.1 Å². The van der Waals surface area contributed by atoms with Crippen LogP contribution in [-0.2, 0) is 6.42 Å². The van der Waals surface area contributed by atoms with Crippen molar-refractivity contribution < 1.29 is 4.74 Å². The predicted molar refractivity (Wildman–Crippen MR) is 97.3 cm³/mol. The highest BCUT2D eigenvalue weighted by Crippen LogP contribution is 2.35. The van der Waals surface area contributed by atoms with Gasteiger partial charge < -0.3 is 4.74 Å². The van der Waals surface area contributed by atoms with Crippen molar-refractivity contribution in [2.45, 2.75) is 26.2 Å². The third-order valence-corrected chi connectivity index (χ3v) is 4.86. The molecule has 0 bridgehead atoms. The minimum Gasteiger partial charge on any atom is -0.497 e. The number of methoxy groups -OCH3 is 1. The maximum atomic E-state index is 9.45. The van der Waals surface area contributed by atoms with E-state index in [0.29, 0.717) is 5.56 Å². The summed E-state index contributed by atoms with van der Waals surface area (Å²) in [6.45, 7) is 2.14. The van der Waals surface area contributed by atoms with Crippen LogP contribution in [0, 0.1) is 14.9 Å². The molecule has 2 rings (SSSR count). The Kier molecular flexibility index (Phi) is 6.04. The highest BCUT2D eigenvalue weighted by molar-refractivity contribution is 14.1. The molecule has 0 amide bonds. The summed E-state index contributed by atoms with van der Waals surface area (Å²) in [5, 5.41) is 9.73. The molecule has 0 unspecified atom stereocenters. The van der Waals surface area contributed by atoms with Gasteiger partial charge in [0.25, 0.3) is 0 Å². The molecule has 0 aliphatic carbocycles. The number of aromatic nitrogens is 1. The summed E-state index contributed by atoms with van der Waals surface area (Å²) < 4.78 is 6.18. The molecule has 3 nitrogen and oxygen atoms in total. The first kappa shape index (κ1) is 17.0. The standard InChI is InChI=1S/C17H16ClIN2O/c1-3-4-5-14-16(19)15(13(10-20)17(18)21-14)11-6-8-12(22-2)9-7-11/h6-9H,3-5H2,1-2H3. The van der Waals surface area contributed by atoms with Gasteiger partial charge in [-0.1, -0.05) is 37.1 Å². The zero-order valence-corrected chi connectivity index (χ0v) is 15.4. The predicted octanol–water partition coefficient (Wildman–Crippen LogP) is 5.23. The Morgan fingerprint density at radius 3 is 2.55 bits per heavy atom. The van der Waals surface area contributed by atoms with Gasteiger partial charge in [-0.3, -0.25) is 0 Å². The molecule has 0 radical (unpaired) electrons. The Morgan fingerprint density at radius 2 is 2.00 bits per heavy atom. The smallest absolute Gasteiger partial charge is 0.147 e. The Morgan fingerprint density at radius 1 is 1.32 bits per heavy atom. The number of rotatable bonds is 5. The minimum absolute atomic E-state index is 0.278. The lowest BCUT2D eigenvalue weighted by Gasteiger charge is -2.13. The second-order valence-electron chi connectivity index (χ2n) is 4.86. The third kappa shape index (κ3) is 3.53. The number of benzene rings is 1. The van der Waals surface area contributed by atoms with E-state index >= 15 is 0 Å². The number of unbranched alkanes of at least 4 members (excludes halogenated alkanes) is 1. The number of halogens is 2. The molecule has 22 heavy (non-hydrogen) atoms. The molecule has 2 aromatic rings. The van der Waals surface area contributed by atoms with Crippen molar-refractivity contribution >= 4 is 34.2 Å².